The van der Waals surface area contributed by atoms with Crippen molar-refractivity contribution in [1.82, 2.24) is 0 Å². The third kappa shape index (κ3) is 2.90. The molecular formula is C14H10F3NO2. The molecule has 104 valence electrons. The molecule has 2 rings (SSSR count). The SMILES string of the molecule is O=C(O)c1ccc(CNc2cccc(F)c2F)cc1F. The second-order valence-electron chi connectivity index (χ2n) is 4.07. The molecule has 0 amide bonds. The summed E-state index contributed by atoms with van der Waals surface area (Å²) in [5, 5.41) is 11.3. The van der Waals surface area contributed by atoms with Gasteiger partial charge in [-0.2, -0.15) is 0 Å². The summed E-state index contributed by atoms with van der Waals surface area (Å²) < 4.78 is 39.8. The fourth-order valence-corrected chi connectivity index (χ4v) is 1.68. The Balaban J connectivity index is 2.13. The maximum absolute atomic E-state index is 13.4. The third-order valence-corrected chi connectivity index (χ3v) is 2.70. The van der Waals surface area contributed by atoms with E-state index in [1.807, 2.05) is 0 Å². The van der Waals surface area contributed by atoms with Gasteiger partial charge >= 0.3 is 5.97 Å². The standard InChI is InChI=1S/C14H10F3NO2/c15-10-2-1-3-12(13(10)17)18-7-8-4-5-9(14(19)20)11(16)6-8/h1-6,18H,7H2,(H,19,20). The maximum atomic E-state index is 13.4. The minimum atomic E-state index is -1.36. The van der Waals surface area contributed by atoms with Crippen molar-refractivity contribution in [2.45, 2.75) is 6.54 Å². The number of halogens is 3. The first kappa shape index (κ1) is 13.9. The Morgan fingerprint density at radius 3 is 2.50 bits per heavy atom. The Morgan fingerprint density at radius 2 is 1.85 bits per heavy atom. The molecule has 0 aliphatic heterocycles. The van der Waals surface area contributed by atoms with Crippen LogP contribution in [0.4, 0.5) is 18.9 Å². The van der Waals surface area contributed by atoms with Crippen LogP contribution in [0.2, 0.25) is 0 Å². The molecule has 0 radical (unpaired) electrons. The van der Waals surface area contributed by atoms with E-state index in [9.17, 15) is 18.0 Å². The second-order valence-corrected chi connectivity index (χ2v) is 4.07. The van der Waals surface area contributed by atoms with Crippen molar-refractivity contribution in [3.8, 4) is 0 Å². The molecule has 0 aliphatic rings. The van der Waals surface area contributed by atoms with E-state index >= 15 is 0 Å². The van der Waals surface area contributed by atoms with Gasteiger partial charge in [0.15, 0.2) is 11.6 Å². The summed E-state index contributed by atoms with van der Waals surface area (Å²) in [4.78, 5) is 10.6. The predicted molar refractivity (Wildman–Crippen MR) is 67.0 cm³/mol. The summed E-state index contributed by atoms with van der Waals surface area (Å²) in [6, 6.07) is 7.23. The van der Waals surface area contributed by atoms with Gasteiger partial charge in [-0.1, -0.05) is 12.1 Å². The molecule has 0 fully saturated rings. The fourth-order valence-electron chi connectivity index (χ4n) is 1.68. The zero-order chi connectivity index (χ0) is 14.7. The molecular weight excluding hydrogens is 271 g/mol. The largest absolute Gasteiger partial charge is 0.478 e. The second kappa shape index (κ2) is 5.64. The van der Waals surface area contributed by atoms with E-state index in [1.54, 1.807) is 0 Å². The average molecular weight is 281 g/mol. The van der Waals surface area contributed by atoms with E-state index in [2.05, 4.69) is 5.32 Å². The van der Waals surface area contributed by atoms with Crippen LogP contribution in [-0.2, 0) is 6.54 Å². The molecule has 0 aromatic heterocycles. The zero-order valence-corrected chi connectivity index (χ0v) is 10.2. The molecule has 2 aromatic carbocycles. The van der Waals surface area contributed by atoms with Gasteiger partial charge in [-0.15, -0.1) is 0 Å². The Morgan fingerprint density at radius 1 is 1.10 bits per heavy atom. The molecule has 2 aromatic rings. The first-order chi connectivity index (χ1) is 9.49. The normalized spacial score (nSPS) is 10.3. The number of benzene rings is 2. The highest BCUT2D eigenvalue weighted by atomic mass is 19.2. The van der Waals surface area contributed by atoms with Gasteiger partial charge in [-0.3, -0.25) is 0 Å². The van der Waals surface area contributed by atoms with E-state index < -0.39 is 29.0 Å². The van der Waals surface area contributed by atoms with Gasteiger partial charge in [0.25, 0.3) is 0 Å². The van der Waals surface area contributed by atoms with Crippen LogP contribution in [-0.4, -0.2) is 11.1 Å². The van der Waals surface area contributed by atoms with Gasteiger partial charge in [0.05, 0.1) is 11.3 Å². The molecule has 0 bridgehead atoms. The number of carbonyl (C=O) groups is 1. The maximum Gasteiger partial charge on any atom is 0.338 e. The molecule has 0 heterocycles. The molecule has 6 heteroatoms. The summed E-state index contributed by atoms with van der Waals surface area (Å²) in [6.45, 7) is 0.0389. The van der Waals surface area contributed by atoms with Crippen LogP contribution in [0.1, 0.15) is 15.9 Å². The number of aromatic carboxylic acids is 1. The van der Waals surface area contributed by atoms with Crippen molar-refractivity contribution in [3.63, 3.8) is 0 Å². The summed E-state index contributed by atoms with van der Waals surface area (Å²) in [7, 11) is 0. The predicted octanol–water partition coefficient (Wildman–Crippen LogP) is 3.41. The first-order valence-corrected chi connectivity index (χ1v) is 5.68. The molecule has 0 saturated carbocycles. The molecule has 0 saturated heterocycles. The van der Waals surface area contributed by atoms with Crippen molar-refractivity contribution >= 4 is 11.7 Å². The van der Waals surface area contributed by atoms with E-state index in [0.29, 0.717) is 5.56 Å². The highest BCUT2D eigenvalue weighted by molar-refractivity contribution is 5.87. The molecule has 0 atom stereocenters. The lowest BCUT2D eigenvalue weighted by atomic mass is 10.1. The number of carboxylic acid groups (broad SMARTS) is 1. The van der Waals surface area contributed by atoms with Crippen molar-refractivity contribution in [2.75, 3.05) is 5.32 Å². The Kier molecular flexibility index (Phi) is 3.93. The number of carboxylic acids is 1. The number of anilines is 1. The zero-order valence-electron chi connectivity index (χ0n) is 10.2. The Bertz CT molecular complexity index is 659. The fraction of sp³-hybridized carbons (Fsp3) is 0.0714. The third-order valence-electron chi connectivity index (χ3n) is 2.70. The highest BCUT2D eigenvalue weighted by Crippen LogP contribution is 2.18. The minimum absolute atomic E-state index is 0.0389. The smallest absolute Gasteiger partial charge is 0.338 e. The van der Waals surface area contributed by atoms with Gasteiger partial charge in [-0.05, 0) is 29.8 Å². The quantitative estimate of drug-likeness (QED) is 0.902. The number of nitrogens with one attached hydrogen (secondary N) is 1. The van der Waals surface area contributed by atoms with Gasteiger partial charge in [0.1, 0.15) is 5.82 Å². The Labute approximate surface area is 112 Å². The summed E-state index contributed by atoms with van der Waals surface area (Å²) in [5.41, 5.74) is -0.0745. The van der Waals surface area contributed by atoms with Crippen LogP contribution >= 0.6 is 0 Å². The summed E-state index contributed by atoms with van der Waals surface area (Å²) in [6.07, 6.45) is 0. The molecule has 0 spiro atoms. The lowest BCUT2D eigenvalue weighted by Gasteiger charge is -2.08. The van der Waals surface area contributed by atoms with Gasteiger partial charge in [0, 0.05) is 6.54 Å². The summed E-state index contributed by atoms with van der Waals surface area (Å²) in [5.74, 6) is -4.24. The molecule has 3 nitrogen and oxygen atoms in total. The topological polar surface area (TPSA) is 49.3 Å². The number of hydrogen-bond acceptors (Lipinski definition) is 2. The average Bonchev–Trinajstić information content (AvgIpc) is 2.40. The van der Waals surface area contributed by atoms with Gasteiger partial charge in [0.2, 0.25) is 0 Å². The molecule has 0 unspecified atom stereocenters. The Hall–Kier alpha value is -2.50. The van der Waals surface area contributed by atoms with E-state index in [-0.39, 0.29) is 12.2 Å². The van der Waals surface area contributed by atoms with Crippen molar-refractivity contribution in [1.29, 1.82) is 0 Å². The van der Waals surface area contributed by atoms with E-state index in [4.69, 9.17) is 5.11 Å². The lowest BCUT2D eigenvalue weighted by Crippen LogP contribution is -2.05. The van der Waals surface area contributed by atoms with Crippen molar-refractivity contribution < 1.29 is 23.1 Å². The number of hydrogen-bond donors (Lipinski definition) is 2. The minimum Gasteiger partial charge on any atom is -0.478 e. The van der Waals surface area contributed by atoms with Crippen LogP contribution in [0.15, 0.2) is 36.4 Å². The van der Waals surface area contributed by atoms with Gasteiger partial charge < -0.3 is 10.4 Å². The highest BCUT2D eigenvalue weighted by Gasteiger charge is 2.11. The molecule has 2 N–H and O–H groups in total. The van der Waals surface area contributed by atoms with E-state index in [0.717, 1.165) is 18.2 Å². The lowest BCUT2D eigenvalue weighted by molar-refractivity contribution is 0.0692. The van der Waals surface area contributed by atoms with Gasteiger partial charge in [-0.25, -0.2) is 18.0 Å². The van der Waals surface area contributed by atoms with E-state index in [1.165, 1.54) is 18.2 Å². The van der Waals surface area contributed by atoms with Crippen LogP contribution < -0.4 is 5.32 Å². The van der Waals surface area contributed by atoms with Crippen LogP contribution in [0, 0.1) is 17.5 Å². The molecule has 20 heavy (non-hydrogen) atoms. The van der Waals surface area contributed by atoms with Crippen molar-refractivity contribution in [3.05, 3.63) is 65.0 Å². The number of rotatable bonds is 4. The monoisotopic (exact) mass is 281 g/mol. The van der Waals surface area contributed by atoms with Crippen LogP contribution in [0.3, 0.4) is 0 Å². The van der Waals surface area contributed by atoms with Crippen molar-refractivity contribution in [2.24, 2.45) is 0 Å². The molecule has 0 aliphatic carbocycles. The summed E-state index contributed by atoms with van der Waals surface area (Å²) >= 11 is 0. The van der Waals surface area contributed by atoms with Crippen LogP contribution in [0.5, 0.6) is 0 Å². The first-order valence-electron chi connectivity index (χ1n) is 5.68. The van der Waals surface area contributed by atoms with Crippen LogP contribution in [0.25, 0.3) is 0 Å².